The first-order valence-corrected chi connectivity index (χ1v) is 6.52. The third kappa shape index (κ3) is 3.36. The molecule has 1 unspecified atom stereocenters. The molecule has 0 heterocycles. The van der Waals surface area contributed by atoms with Gasteiger partial charge in [-0.3, -0.25) is 4.79 Å². The van der Waals surface area contributed by atoms with E-state index >= 15 is 0 Å². The maximum Gasteiger partial charge on any atom is 0.162 e. The van der Waals surface area contributed by atoms with Crippen molar-refractivity contribution in [3.63, 3.8) is 0 Å². The summed E-state index contributed by atoms with van der Waals surface area (Å²) >= 11 is -0.918. The first-order valence-electron chi connectivity index (χ1n) is 5.20. The number of benzene rings is 1. The molecule has 0 amide bonds. The van der Waals surface area contributed by atoms with Crippen LogP contribution in [0.2, 0.25) is 0 Å². The van der Waals surface area contributed by atoms with Crippen molar-refractivity contribution in [2.45, 2.75) is 31.6 Å². The molecule has 15 heavy (non-hydrogen) atoms. The second-order valence-electron chi connectivity index (χ2n) is 3.35. The maximum absolute atomic E-state index is 11.6. The number of carbonyl (C=O) groups is 1. The summed E-state index contributed by atoms with van der Waals surface area (Å²) in [5.41, 5.74) is 0.703. The van der Waals surface area contributed by atoms with Gasteiger partial charge in [0.25, 0.3) is 0 Å². The fourth-order valence-corrected chi connectivity index (χ4v) is 2.35. The molecule has 1 aromatic rings. The summed E-state index contributed by atoms with van der Waals surface area (Å²) in [5, 5.41) is 0. The number of hydrogen-bond donors (Lipinski definition) is 0. The van der Waals surface area contributed by atoms with Crippen molar-refractivity contribution >= 4 is 17.0 Å². The molecule has 3 heteroatoms. The van der Waals surface area contributed by atoms with E-state index in [9.17, 15) is 9.35 Å². The number of ketones is 1. The van der Waals surface area contributed by atoms with Gasteiger partial charge < -0.3 is 4.55 Å². The van der Waals surface area contributed by atoms with E-state index in [0.717, 1.165) is 11.3 Å². The Hall–Kier alpha value is -0.800. The third-order valence-corrected chi connectivity index (χ3v) is 3.73. The monoisotopic (exact) mass is 224 g/mol. The predicted molar refractivity (Wildman–Crippen MR) is 62.6 cm³/mol. The maximum atomic E-state index is 11.6. The fourth-order valence-electron chi connectivity index (χ4n) is 1.30. The average Bonchev–Trinajstić information content (AvgIpc) is 2.28. The molecule has 0 aliphatic rings. The van der Waals surface area contributed by atoms with Gasteiger partial charge in [0.2, 0.25) is 0 Å². The van der Waals surface area contributed by atoms with E-state index in [4.69, 9.17) is 0 Å². The highest BCUT2D eigenvalue weighted by Gasteiger charge is 2.10. The molecule has 0 aromatic heterocycles. The summed E-state index contributed by atoms with van der Waals surface area (Å²) in [6.07, 6.45) is 1.42. The standard InChI is InChI=1S/C12H16O2S/c1-3-9-15(14)11-7-5-10(6-8-11)12(13)4-2/h5-8H,3-4,9H2,1-2H3. The average molecular weight is 224 g/mol. The van der Waals surface area contributed by atoms with Crippen molar-refractivity contribution in [3.8, 4) is 0 Å². The highest BCUT2D eigenvalue weighted by Crippen LogP contribution is 2.14. The Balaban J connectivity index is 2.76. The lowest BCUT2D eigenvalue weighted by atomic mass is 10.1. The molecule has 0 fully saturated rings. The Morgan fingerprint density at radius 1 is 1.27 bits per heavy atom. The lowest BCUT2D eigenvalue weighted by molar-refractivity contribution is 0.0988. The van der Waals surface area contributed by atoms with Gasteiger partial charge in [-0.05, 0) is 41.9 Å². The van der Waals surface area contributed by atoms with Gasteiger partial charge in [0.15, 0.2) is 10.7 Å². The zero-order chi connectivity index (χ0) is 11.3. The highest BCUT2D eigenvalue weighted by atomic mass is 32.2. The molecule has 1 aromatic carbocycles. The Kier molecular flexibility index (Phi) is 4.85. The van der Waals surface area contributed by atoms with Crippen molar-refractivity contribution in [1.29, 1.82) is 0 Å². The Morgan fingerprint density at radius 3 is 2.33 bits per heavy atom. The molecule has 0 radical (unpaired) electrons. The van der Waals surface area contributed by atoms with Gasteiger partial charge in [-0.25, -0.2) is 0 Å². The zero-order valence-corrected chi connectivity index (χ0v) is 9.97. The first-order chi connectivity index (χ1) is 7.19. The molecule has 0 aliphatic heterocycles. The Morgan fingerprint density at radius 2 is 1.87 bits per heavy atom. The molecule has 0 aliphatic carbocycles. The summed E-state index contributed by atoms with van der Waals surface area (Å²) in [5.74, 6) is 0.809. The van der Waals surface area contributed by atoms with E-state index in [1.807, 2.05) is 13.8 Å². The molecule has 0 N–H and O–H groups in total. The highest BCUT2D eigenvalue weighted by molar-refractivity contribution is 7.91. The van der Waals surface area contributed by atoms with E-state index in [0.29, 0.717) is 17.7 Å². The molecular weight excluding hydrogens is 208 g/mol. The van der Waals surface area contributed by atoms with Crippen LogP contribution in [0.1, 0.15) is 37.0 Å². The molecule has 82 valence electrons. The third-order valence-electron chi connectivity index (χ3n) is 2.15. The number of Topliss-reactive ketones (excluding diaryl/α,β-unsaturated/α-hetero) is 1. The van der Waals surface area contributed by atoms with Crippen LogP contribution >= 0.6 is 0 Å². The van der Waals surface area contributed by atoms with E-state index in [-0.39, 0.29) is 5.78 Å². The van der Waals surface area contributed by atoms with Gasteiger partial charge in [0.05, 0.1) is 0 Å². The quantitative estimate of drug-likeness (QED) is 0.570. The fraction of sp³-hybridized carbons (Fsp3) is 0.417. The van der Waals surface area contributed by atoms with Gasteiger partial charge in [0.1, 0.15) is 5.75 Å². The van der Waals surface area contributed by atoms with Crippen LogP contribution in [0.4, 0.5) is 0 Å². The van der Waals surface area contributed by atoms with Crippen LogP contribution in [0.5, 0.6) is 0 Å². The molecule has 1 atom stereocenters. The van der Waals surface area contributed by atoms with Crippen molar-refractivity contribution < 1.29 is 9.35 Å². The largest absolute Gasteiger partial charge is 0.611 e. The van der Waals surface area contributed by atoms with E-state index < -0.39 is 11.2 Å². The van der Waals surface area contributed by atoms with E-state index in [1.54, 1.807) is 24.3 Å². The minimum absolute atomic E-state index is 0.128. The van der Waals surface area contributed by atoms with Crippen LogP contribution in [-0.4, -0.2) is 16.1 Å². The Labute approximate surface area is 93.9 Å². The minimum atomic E-state index is -0.918. The predicted octanol–water partition coefficient (Wildman–Crippen LogP) is 2.80. The number of hydrogen-bond acceptors (Lipinski definition) is 2. The summed E-state index contributed by atoms with van der Waals surface area (Å²) in [6, 6.07) is 7.09. The van der Waals surface area contributed by atoms with Crippen molar-refractivity contribution in [1.82, 2.24) is 0 Å². The summed E-state index contributed by atoms with van der Waals surface area (Å²) < 4.78 is 11.6. The summed E-state index contributed by atoms with van der Waals surface area (Å²) in [6.45, 7) is 3.85. The van der Waals surface area contributed by atoms with Crippen molar-refractivity contribution in [2.24, 2.45) is 0 Å². The lowest BCUT2D eigenvalue weighted by Crippen LogP contribution is -2.06. The number of carbonyl (C=O) groups excluding carboxylic acids is 1. The molecule has 0 spiro atoms. The van der Waals surface area contributed by atoms with Gasteiger partial charge in [-0.2, -0.15) is 0 Å². The molecule has 2 nitrogen and oxygen atoms in total. The SMILES string of the molecule is CCC[S+]([O-])c1ccc(C(=O)CC)cc1. The van der Waals surface area contributed by atoms with Crippen molar-refractivity contribution in [3.05, 3.63) is 29.8 Å². The van der Waals surface area contributed by atoms with Crippen LogP contribution in [0.25, 0.3) is 0 Å². The molecule has 0 saturated carbocycles. The molecule has 1 rings (SSSR count). The van der Waals surface area contributed by atoms with Gasteiger partial charge >= 0.3 is 0 Å². The van der Waals surface area contributed by atoms with Crippen LogP contribution in [0.3, 0.4) is 0 Å². The Bertz CT molecular complexity index is 319. The smallest absolute Gasteiger partial charge is 0.162 e. The van der Waals surface area contributed by atoms with Gasteiger partial charge in [0, 0.05) is 12.0 Å². The molecular formula is C12H16O2S. The first kappa shape index (κ1) is 12.3. The van der Waals surface area contributed by atoms with E-state index in [1.165, 1.54) is 0 Å². The topological polar surface area (TPSA) is 40.1 Å². The summed E-state index contributed by atoms with van der Waals surface area (Å²) in [7, 11) is 0. The van der Waals surface area contributed by atoms with Crippen LogP contribution in [0, 0.1) is 0 Å². The van der Waals surface area contributed by atoms with Crippen LogP contribution in [0.15, 0.2) is 29.2 Å². The van der Waals surface area contributed by atoms with Gasteiger partial charge in [-0.15, -0.1) is 0 Å². The zero-order valence-electron chi connectivity index (χ0n) is 9.16. The van der Waals surface area contributed by atoms with Crippen molar-refractivity contribution in [2.75, 3.05) is 5.75 Å². The van der Waals surface area contributed by atoms with Crippen LogP contribution in [-0.2, 0) is 11.2 Å². The number of rotatable bonds is 5. The summed E-state index contributed by atoms with van der Waals surface area (Å²) in [4.78, 5) is 12.2. The lowest BCUT2D eigenvalue weighted by Gasteiger charge is -2.09. The normalized spacial score (nSPS) is 12.5. The minimum Gasteiger partial charge on any atom is -0.611 e. The molecule has 0 bridgehead atoms. The molecule has 0 saturated heterocycles. The van der Waals surface area contributed by atoms with Crippen LogP contribution < -0.4 is 0 Å². The van der Waals surface area contributed by atoms with Gasteiger partial charge in [-0.1, -0.05) is 13.8 Å². The second-order valence-corrected chi connectivity index (χ2v) is 4.92. The second kappa shape index (κ2) is 5.93. The van der Waals surface area contributed by atoms with E-state index in [2.05, 4.69) is 0 Å².